The van der Waals surface area contributed by atoms with Gasteiger partial charge in [0.05, 0.1) is 0 Å². The molecular weight excluding hydrogens is 206 g/mol. The first kappa shape index (κ1) is 13.5. The third-order valence-electron chi connectivity index (χ3n) is 3.37. The molecule has 1 aliphatic rings. The van der Waals surface area contributed by atoms with Crippen molar-refractivity contribution in [3.05, 3.63) is 0 Å². The molecule has 0 saturated heterocycles. The second kappa shape index (κ2) is 6.86. The van der Waals surface area contributed by atoms with E-state index in [-0.39, 0.29) is 25.1 Å². The van der Waals surface area contributed by atoms with E-state index in [1.54, 1.807) is 0 Å². The molecule has 1 saturated carbocycles. The van der Waals surface area contributed by atoms with Crippen LogP contribution in [0.25, 0.3) is 0 Å². The van der Waals surface area contributed by atoms with Crippen LogP contribution in [0, 0.1) is 5.92 Å². The van der Waals surface area contributed by atoms with Crippen LogP contribution in [-0.2, 0) is 9.53 Å². The van der Waals surface area contributed by atoms with Crippen LogP contribution in [0.1, 0.15) is 45.4 Å². The van der Waals surface area contributed by atoms with Gasteiger partial charge in [0.1, 0.15) is 12.1 Å². The zero-order chi connectivity index (χ0) is 12.0. The lowest BCUT2D eigenvalue weighted by atomic mass is 9.85. The lowest BCUT2D eigenvalue weighted by Crippen LogP contribution is -2.38. The number of carbonyl (C=O) groups excluding carboxylic acids is 1. The molecule has 0 heterocycles. The molecule has 0 aromatic rings. The van der Waals surface area contributed by atoms with Gasteiger partial charge in [-0.2, -0.15) is 0 Å². The molecule has 16 heavy (non-hydrogen) atoms. The summed E-state index contributed by atoms with van der Waals surface area (Å²) < 4.78 is 5.43. The molecule has 1 rings (SSSR count). The Balaban J connectivity index is 2.41. The van der Waals surface area contributed by atoms with E-state index >= 15 is 0 Å². The average Bonchev–Trinajstić information content (AvgIpc) is 2.30. The van der Waals surface area contributed by atoms with Crippen LogP contribution in [0.4, 0.5) is 0 Å². The van der Waals surface area contributed by atoms with Crippen LogP contribution in [0.3, 0.4) is 0 Å². The van der Waals surface area contributed by atoms with Crippen molar-refractivity contribution in [1.82, 2.24) is 0 Å². The number of esters is 1. The third kappa shape index (κ3) is 3.76. The number of hydrogen-bond donors (Lipinski definition) is 2. The Labute approximate surface area is 97.2 Å². The molecule has 0 aromatic carbocycles. The van der Waals surface area contributed by atoms with Gasteiger partial charge < -0.3 is 15.6 Å². The highest BCUT2D eigenvalue weighted by atomic mass is 16.5. The van der Waals surface area contributed by atoms with Crippen molar-refractivity contribution in [3.63, 3.8) is 0 Å². The van der Waals surface area contributed by atoms with Gasteiger partial charge in [-0.15, -0.1) is 0 Å². The third-order valence-corrected chi connectivity index (χ3v) is 3.37. The van der Waals surface area contributed by atoms with Crippen molar-refractivity contribution in [3.8, 4) is 0 Å². The normalized spacial score (nSPS) is 27.4. The van der Waals surface area contributed by atoms with Gasteiger partial charge in [-0.05, 0) is 38.0 Å². The van der Waals surface area contributed by atoms with E-state index in [2.05, 4.69) is 6.92 Å². The van der Waals surface area contributed by atoms with Crippen LogP contribution >= 0.6 is 0 Å². The molecule has 0 amide bonds. The summed E-state index contributed by atoms with van der Waals surface area (Å²) in [5.74, 6) is 0.124. The monoisotopic (exact) mass is 229 g/mol. The fourth-order valence-electron chi connectivity index (χ4n) is 2.29. The topological polar surface area (TPSA) is 72.5 Å². The minimum atomic E-state index is -0.676. The molecule has 1 fully saturated rings. The molecule has 3 N–H and O–H groups in total. The Kier molecular flexibility index (Phi) is 5.77. The predicted molar refractivity (Wildman–Crippen MR) is 61.8 cm³/mol. The number of carbonyl (C=O) groups is 1. The zero-order valence-corrected chi connectivity index (χ0v) is 10.0. The second-order valence-corrected chi connectivity index (χ2v) is 4.55. The molecule has 0 spiro atoms. The summed E-state index contributed by atoms with van der Waals surface area (Å²) in [5.41, 5.74) is 5.60. The van der Waals surface area contributed by atoms with Gasteiger partial charge in [-0.1, -0.05) is 13.3 Å². The summed E-state index contributed by atoms with van der Waals surface area (Å²) >= 11 is 0. The van der Waals surface area contributed by atoms with Gasteiger partial charge in [-0.3, -0.25) is 4.79 Å². The molecule has 3 atom stereocenters. The molecule has 94 valence electrons. The Hall–Kier alpha value is -0.610. The number of ether oxygens (including phenoxy) is 1. The standard InChI is InChI=1S/C12H23NO3/c1-2-9-5-3-4-6-11(9)16-12(15)10(13)7-8-14/h9-11,14H,2-8,13H2,1H3/t9?,10-,11?/m1/s1. The van der Waals surface area contributed by atoms with Crippen LogP contribution in [0.2, 0.25) is 0 Å². The maximum Gasteiger partial charge on any atom is 0.323 e. The van der Waals surface area contributed by atoms with Crippen LogP contribution in [-0.4, -0.2) is 29.8 Å². The van der Waals surface area contributed by atoms with Crippen LogP contribution < -0.4 is 5.73 Å². The Morgan fingerprint density at radius 3 is 2.81 bits per heavy atom. The zero-order valence-electron chi connectivity index (χ0n) is 10.0. The van der Waals surface area contributed by atoms with Gasteiger partial charge >= 0.3 is 5.97 Å². The number of rotatable bonds is 5. The van der Waals surface area contributed by atoms with E-state index in [4.69, 9.17) is 15.6 Å². The van der Waals surface area contributed by atoms with Crippen LogP contribution in [0.15, 0.2) is 0 Å². The molecule has 2 unspecified atom stereocenters. The van der Waals surface area contributed by atoms with Crippen LogP contribution in [0.5, 0.6) is 0 Å². The molecule has 4 heteroatoms. The fraction of sp³-hybridized carbons (Fsp3) is 0.917. The SMILES string of the molecule is CCC1CCCCC1OC(=O)[C@H](N)CCO. The Morgan fingerprint density at radius 1 is 1.50 bits per heavy atom. The van der Waals surface area contributed by atoms with Crippen molar-refractivity contribution in [2.24, 2.45) is 11.7 Å². The molecule has 0 aliphatic heterocycles. The van der Waals surface area contributed by atoms with Gasteiger partial charge in [0.2, 0.25) is 0 Å². The second-order valence-electron chi connectivity index (χ2n) is 4.55. The van der Waals surface area contributed by atoms with Crippen molar-refractivity contribution in [2.75, 3.05) is 6.61 Å². The van der Waals surface area contributed by atoms with Crippen molar-refractivity contribution in [1.29, 1.82) is 0 Å². The summed E-state index contributed by atoms with van der Waals surface area (Å²) in [6.45, 7) is 2.06. The highest BCUT2D eigenvalue weighted by molar-refractivity contribution is 5.75. The average molecular weight is 229 g/mol. The summed E-state index contributed by atoms with van der Waals surface area (Å²) in [4.78, 5) is 11.6. The highest BCUT2D eigenvalue weighted by Crippen LogP contribution is 2.29. The smallest absolute Gasteiger partial charge is 0.323 e. The van der Waals surface area contributed by atoms with E-state index in [9.17, 15) is 4.79 Å². The largest absolute Gasteiger partial charge is 0.461 e. The highest BCUT2D eigenvalue weighted by Gasteiger charge is 2.28. The van der Waals surface area contributed by atoms with E-state index in [1.165, 1.54) is 6.42 Å². The molecular formula is C12H23NO3. The van der Waals surface area contributed by atoms with Gasteiger partial charge in [0, 0.05) is 6.61 Å². The Morgan fingerprint density at radius 2 is 2.19 bits per heavy atom. The van der Waals surface area contributed by atoms with Gasteiger partial charge in [0.25, 0.3) is 0 Å². The summed E-state index contributed by atoms with van der Waals surface area (Å²) in [7, 11) is 0. The number of hydrogen-bond acceptors (Lipinski definition) is 4. The minimum absolute atomic E-state index is 0.0380. The van der Waals surface area contributed by atoms with E-state index < -0.39 is 6.04 Å². The lowest BCUT2D eigenvalue weighted by Gasteiger charge is -2.31. The quantitative estimate of drug-likeness (QED) is 0.695. The maximum atomic E-state index is 11.6. The van der Waals surface area contributed by atoms with E-state index in [0.717, 1.165) is 25.7 Å². The van der Waals surface area contributed by atoms with Gasteiger partial charge in [0.15, 0.2) is 0 Å². The van der Waals surface area contributed by atoms with Crippen molar-refractivity contribution < 1.29 is 14.6 Å². The molecule has 0 aromatic heterocycles. The number of aliphatic hydroxyl groups is 1. The molecule has 1 aliphatic carbocycles. The first-order chi connectivity index (χ1) is 7.69. The van der Waals surface area contributed by atoms with Crippen molar-refractivity contribution in [2.45, 2.75) is 57.6 Å². The summed E-state index contributed by atoms with van der Waals surface area (Å²) in [5, 5.41) is 8.70. The first-order valence-electron chi connectivity index (χ1n) is 6.26. The molecule has 4 nitrogen and oxygen atoms in total. The molecule has 0 bridgehead atoms. The molecule has 0 radical (unpaired) electrons. The predicted octanol–water partition coefficient (Wildman–Crippen LogP) is 1.21. The minimum Gasteiger partial charge on any atom is -0.461 e. The van der Waals surface area contributed by atoms with E-state index in [1.807, 2.05) is 0 Å². The van der Waals surface area contributed by atoms with Crippen molar-refractivity contribution >= 4 is 5.97 Å². The fourth-order valence-corrected chi connectivity index (χ4v) is 2.29. The maximum absolute atomic E-state index is 11.6. The number of aliphatic hydroxyl groups excluding tert-OH is 1. The summed E-state index contributed by atoms with van der Waals surface area (Å²) in [6, 6.07) is -0.676. The number of nitrogens with two attached hydrogens (primary N) is 1. The van der Waals surface area contributed by atoms with E-state index in [0.29, 0.717) is 5.92 Å². The Bertz CT molecular complexity index is 220. The lowest BCUT2D eigenvalue weighted by molar-refractivity contribution is -0.155. The first-order valence-corrected chi connectivity index (χ1v) is 6.26. The summed E-state index contributed by atoms with van der Waals surface area (Å²) in [6.07, 6.45) is 5.82. The van der Waals surface area contributed by atoms with Gasteiger partial charge in [-0.25, -0.2) is 0 Å².